The first-order chi connectivity index (χ1) is 13.8. The Bertz CT molecular complexity index is 692. The van der Waals surface area contributed by atoms with Gasteiger partial charge >= 0.3 is 6.09 Å². The molecule has 1 amide bonds. The van der Waals surface area contributed by atoms with E-state index in [0.717, 1.165) is 36.9 Å². The number of hydrogen-bond donors (Lipinski definition) is 1. The standard InChI is InChI=1S/C22H35F2N3O2/c1-4-6-9-15(8-5-2)12-18-19(16-10-7-11-16)20(27(3)26-18)25-21(28)29-17-13-22(23,24)14-17/h15-17H,4-14H2,1-3H3,(H,25,28). The molecule has 2 aliphatic carbocycles. The summed E-state index contributed by atoms with van der Waals surface area (Å²) in [5.74, 6) is -1.01. The van der Waals surface area contributed by atoms with Crippen molar-refractivity contribution in [3.63, 3.8) is 0 Å². The summed E-state index contributed by atoms with van der Waals surface area (Å²) >= 11 is 0. The molecule has 0 radical (unpaired) electrons. The Morgan fingerprint density at radius 3 is 2.55 bits per heavy atom. The molecular formula is C22H35F2N3O2. The number of carbonyl (C=O) groups is 1. The number of alkyl halides is 2. The van der Waals surface area contributed by atoms with Crippen LogP contribution in [-0.4, -0.2) is 27.9 Å². The van der Waals surface area contributed by atoms with Crippen molar-refractivity contribution in [3.05, 3.63) is 11.3 Å². The monoisotopic (exact) mass is 411 g/mol. The Kier molecular flexibility index (Phi) is 7.17. The van der Waals surface area contributed by atoms with Gasteiger partial charge in [0.25, 0.3) is 5.92 Å². The number of halogens is 2. The topological polar surface area (TPSA) is 56.2 Å². The van der Waals surface area contributed by atoms with Crippen LogP contribution in [0.15, 0.2) is 0 Å². The van der Waals surface area contributed by atoms with Crippen LogP contribution in [0.2, 0.25) is 0 Å². The number of amides is 1. The Hall–Kier alpha value is -1.66. The molecule has 29 heavy (non-hydrogen) atoms. The maximum atomic E-state index is 13.0. The van der Waals surface area contributed by atoms with E-state index in [1.54, 1.807) is 4.68 Å². The van der Waals surface area contributed by atoms with Gasteiger partial charge in [-0.15, -0.1) is 0 Å². The summed E-state index contributed by atoms with van der Waals surface area (Å²) in [4.78, 5) is 12.3. The summed E-state index contributed by atoms with van der Waals surface area (Å²) in [6.07, 6.45) is 8.14. The zero-order chi connectivity index (χ0) is 21.0. The Morgan fingerprint density at radius 2 is 2.00 bits per heavy atom. The number of nitrogens with one attached hydrogen (secondary N) is 1. The summed E-state index contributed by atoms with van der Waals surface area (Å²) in [5.41, 5.74) is 2.21. The number of rotatable bonds is 10. The molecule has 0 aromatic carbocycles. The third-order valence-electron chi connectivity index (χ3n) is 6.37. The first kappa shape index (κ1) is 22.0. The van der Waals surface area contributed by atoms with Gasteiger partial charge in [0.2, 0.25) is 0 Å². The molecule has 0 aliphatic heterocycles. The first-order valence-electron chi connectivity index (χ1n) is 11.2. The molecule has 0 spiro atoms. The van der Waals surface area contributed by atoms with Crippen LogP contribution in [-0.2, 0) is 18.2 Å². The molecular weight excluding hydrogens is 376 g/mol. The minimum atomic E-state index is -2.70. The molecule has 2 saturated carbocycles. The summed E-state index contributed by atoms with van der Waals surface area (Å²) in [6.45, 7) is 4.44. The lowest BCUT2D eigenvalue weighted by molar-refractivity contribution is -0.142. The fourth-order valence-corrected chi connectivity index (χ4v) is 4.51. The van der Waals surface area contributed by atoms with Crippen LogP contribution in [0.4, 0.5) is 19.4 Å². The maximum absolute atomic E-state index is 13.0. The molecule has 2 fully saturated rings. The molecule has 1 aromatic rings. The van der Waals surface area contributed by atoms with Crippen LogP contribution in [0.5, 0.6) is 0 Å². The van der Waals surface area contributed by atoms with Crippen molar-refractivity contribution in [2.24, 2.45) is 13.0 Å². The fraction of sp³-hybridized carbons (Fsp3) is 0.818. The van der Waals surface area contributed by atoms with E-state index in [4.69, 9.17) is 9.84 Å². The zero-order valence-corrected chi connectivity index (χ0v) is 18.0. The summed E-state index contributed by atoms with van der Waals surface area (Å²) in [6, 6.07) is 0. The highest BCUT2D eigenvalue weighted by Crippen LogP contribution is 2.43. The molecule has 1 N–H and O–H groups in total. The zero-order valence-electron chi connectivity index (χ0n) is 18.0. The van der Waals surface area contributed by atoms with Crippen molar-refractivity contribution in [1.29, 1.82) is 0 Å². The average Bonchev–Trinajstić information content (AvgIpc) is 2.85. The molecule has 0 saturated heterocycles. The number of carbonyl (C=O) groups excluding carboxylic acids is 1. The van der Waals surface area contributed by atoms with E-state index in [9.17, 15) is 13.6 Å². The van der Waals surface area contributed by atoms with Gasteiger partial charge in [-0.2, -0.15) is 5.10 Å². The number of hydrogen-bond acceptors (Lipinski definition) is 3. The smallest absolute Gasteiger partial charge is 0.413 e. The van der Waals surface area contributed by atoms with Gasteiger partial charge in [0.05, 0.1) is 5.69 Å². The minimum Gasteiger partial charge on any atom is -0.445 e. The number of ether oxygens (including phenoxy) is 1. The molecule has 5 nitrogen and oxygen atoms in total. The third kappa shape index (κ3) is 5.48. The number of unbranched alkanes of at least 4 members (excludes halogenated alkanes) is 1. The lowest BCUT2D eigenvalue weighted by atomic mass is 9.78. The van der Waals surface area contributed by atoms with Crippen molar-refractivity contribution in [3.8, 4) is 0 Å². The van der Waals surface area contributed by atoms with E-state index in [0.29, 0.717) is 17.7 Å². The molecule has 1 heterocycles. The molecule has 1 aromatic heterocycles. The highest BCUT2D eigenvalue weighted by molar-refractivity contribution is 5.85. The van der Waals surface area contributed by atoms with E-state index < -0.39 is 18.1 Å². The lowest BCUT2D eigenvalue weighted by Gasteiger charge is -2.34. The van der Waals surface area contributed by atoms with Crippen LogP contribution >= 0.6 is 0 Å². The average molecular weight is 412 g/mol. The molecule has 164 valence electrons. The van der Waals surface area contributed by atoms with Crippen molar-refractivity contribution < 1.29 is 18.3 Å². The highest BCUT2D eigenvalue weighted by Gasteiger charge is 2.47. The van der Waals surface area contributed by atoms with Gasteiger partial charge in [-0.1, -0.05) is 52.4 Å². The summed E-state index contributed by atoms with van der Waals surface area (Å²) < 4.78 is 32.9. The fourth-order valence-electron chi connectivity index (χ4n) is 4.51. The highest BCUT2D eigenvalue weighted by atomic mass is 19.3. The van der Waals surface area contributed by atoms with Crippen LogP contribution in [0.1, 0.15) is 95.2 Å². The summed E-state index contributed by atoms with van der Waals surface area (Å²) in [7, 11) is 1.83. The van der Waals surface area contributed by atoms with E-state index >= 15 is 0 Å². The molecule has 2 aliphatic rings. The SMILES string of the molecule is CCCCC(CCC)Cc1nn(C)c(NC(=O)OC2CC(F)(F)C2)c1C1CCC1. The normalized spacial score (nSPS) is 20.0. The van der Waals surface area contributed by atoms with Crippen molar-refractivity contribution in [2.45, 2.75) is 102 Å². The minimum absolute atomic E-state index is 0.386. The van der Waals surface area contributed by atoms with Crippen LogP contribution in [0.3, 0.4) is 0 Å². The van der Waals surface area contributed by atoms with Gasteiger partial charge in [0.1, 0.15) is 11.9 Å². The first-order valence-corrected chi connectivity index (χ1v) is 11.2. The van der Waals surface area contributed by atoms with Gasteiger partial charge in [-0.25, -0.2) is 13.6 Å². The van der Waals surface area contributed by atoms with E-state index in [2.05, 4.69) is 19.2 Å². The molecule has 0 bridgehead atoms. The number of aryl methyl sites for hydroxylation is 1. The molecule has 1 atom stereocenters. The maximum Gasteiger partial charge on any atom is 0.413 e. The number of aromatic nitrogens is 2. The Morgan fingerprint density at radius 1 is 1.28 bits per heavy atom. The van der Waals surface area contributed by atoms with Crippen LogP contribution in [0.25, 0.3) is 0 Å². The van der Waals surface area contributed by atoms with Crippen molar-refractivity contribution >= 4 is 11.9 Å². The number of nitrogens with zero attached hydrogens (tertiary/aromatic N) is 2. The lowest BCUT2D eigenvalue weighted by Crippen LogP contribution is -2.43. The second-order valence-electron chi connectivity index (χ2n) is 8.88. The third-order valence-corrected chi connectivity index (χ3v) is 6.37. The van der Waals surface area contributed by atoms with Gasteiger partial charge in [0, 0.05) is 25.5 Å². The molecule has 7 heteroatoms. The Balaban J connectivity index is 1.72. The predicted octanol–water partition coefficient (Wildman–Crippen LogP) is 6.18. The van der Waals surface area contributed by atoms with Crippen molar-refractivity contribution in [2.75, 3.05) is 5.32 Å². The van der Waals surface area contributed by atoms with Crippen LogP contribution < -0.4 is 5.32 Å². The quantitative estimate of drug-likeness (QED) is 0.500. The van der Waals surface area contributed by atoms with Gasteiger partial charge in [0.15, 0.2) is 0 Å². The van der Waals surface area contributed by atoms with E-state index in [-0.39, 0.29) is 12.8 Å². The Labute approximate surface area is 172 Å². The predicted molar refractivity (Wildman–Crippen MR) is 109 cm³/mol. The van der Waals surface area contributed by atoms with E-state index in [1.807, 2.05) is 7.05 Å². The second-order valence-corrected chi connectivity index (χ2v) is 8.88. The largest absolute Gasteiger partial charge is 0.445 e. The van der Waals surface area contributed by atoms with Gasteiger partial charge < -0.3 is 4.74 Å². The molecule has 3 rings (SSSR count). The number of anilines is 1. The van der Waals surface area contributed by atoms with Gasteiger partial charge in [-0.3, -0.25) is 10.00 Å². The second kappa shape index (κ2) is 9.43. The molecule has 1 unspecified atom stereocenters. The van der Waals surface area contributed by atoms with Gasteiger partial charge in [-0.05, 0) is 31.1 Å². The van der Waals surface area contributed by atoms with E-state index in [1.165, 1.54) is 32.1 Å². The summed E-state index contributed by atoms with van der Waals surface area (Å²) in [5, 5.41) is 7.58. The van der Waals surface area contributed by atoms with Crippen LogP contribution in [0, 0.1) is 5.92 Å². The van der Waals surface area contributed by atoms with Crippen molar-refractivity contribution in [1.82, 2.24) is 9.78 Å².